The van der Waals surface area contributed by atoms with Gasteiger partial charge in [0.25, 0.3) is 0 Å². The van der Waals surface area contributed by atoms with Gasteiger partial charge in [-0.3, -0.25) is 4.79 Å². The van der Waals surface area contributed by atoms with Crippen LogP contribution in [-0.2, 0) is 11.3 Å². The van der Waals surface area contributed by atoms with Crippen molar-refractivity contribution < 1.29 is 4.79 Å². The highest BCUT2D eigenvalue weighted by molar-refractivity contribution is 8.01. The first-order chi connectivity index (χ1) is 9.14. The smallest absolute Gasteiger partial charge is 0.236 e. The number of carbonyl (C=O) groups is 1. The number of hydrogen-bond donors (Lipinski definition) is 2. The maximum absolute atomic E-state index is 12.1. The number of thioether (sulfide) groups is 1. The third kappa shape index (κ3) is 3.75. The van der Waals surface area contributed by atoms with E-state index < -0.39 is 0 Å². The fourth-order valence-electron chi connectivity index (χ4n) is 2.00. The van der Waals surface area contributed by atoms with E-state index in [1.165, 1.54) is 0 Å². The molecule has 3 nitrogen and oxygen atoms in total. The molecule has 19 heavy (non-hydrogen) atoms. The molecule has 0 radical (unpaired) electrons. The molecule has 0 spiro atoms. The molecule has 2 rings (SSSR count). The van der Waals surface area contributed by atoms with Crippen LogP contribution in [0.1, 0.15) is 30.2 Å². The summed E-state index contributed by atoms with van der Waals surface area (Å²) in [6.07, 6.45) is 2.10. The number of nitrogens with one attached hydrogen (secondary N) is 1. The van der Waals surface area contributed by atoms with Gasteiger partial charge < -0.3 is 11.1 Å². The lowest BCUT2D eigenvalue weighted by Gasteiger charge is -2.21. The Labute approximate surface area is 122 Å². The molecule has 1 atom stereocenters. The average Bonchev–Trinajstić information content (AvgIpc) is 3.03. The highest BCUT2D eigenvalue weighted by Gasteiger charge is 2.36. The molecule has 102 valence electrons. The summed E-state index contributed by atoms with van der Waals surface area (Å²) in [5, 5.41) is 5.02. The van der Waals surface area contributed by atoms with Crippen LogP contribution < -0.4 is 11.1 Å². The van der Waals surface area contributed by atoms with Gasteiger partial charge in [0.1, 0.15) is 0 Å². The molecular formula is C14H18N2OS2. The topological polar surface area (TPSA) is 55.1 Å². The van der Waals surface area contributed by atoms with E-state index in [1.807, 2.05) is 18.4 Å². The summed E-state index contributed by atoms with van der Waals surface area (Å²) in [4.78, 5) is 13.3. The minimum atomic E-state index is -0.237. The first-order valence-electron chi connectivity index (χ1n) is 6.33. The molecule has 1 amide bonds. The molecule has 1 aromatic rings. The maximum Gasteiger partial charge on any atom is 0.236 e. The molecule has 1 aromatic heterocycles. The van der Waals surface area contributed by atoms with Crippen molar-refractivity contribution in [1.29, 1.82) is 0 Å². The Morgan fingerprint density at radius 2 is 2.47 bits per heavy atom. The molecule has 2 heterocycles. The Balaban J connectivity index is 1.88. The highest BCUT2D eigenvalue weighted by atomic mass is 32.2. The van der Waals surface area contributed by atoms with Crippen LogP contribution in [0, 0.1) is 11.8 Å². The Hall–Kier alpha value is -0.960. The minimum Gasteiger partial charge on any atom is -0.350 e. The van der Waals surface area contributed by atoms with Crippen molar-refractivity contribution in [3.63, 3.8) is 0 Å². The summed E-state index contributed by atoms with van der Waals surface area (Å²) < 4.78 is -0.237. The van der Waals surface area contributed by atoms with Gasteiger partial charge in [0.2, 0.25) is 5.91 Å². The van der Waals surface area contributed by atoms with Crippen molar-refractivity contribution in [2.45, 2.75) is 31.1 Å². The molecule has 1 unspecified atom stereocenters. The minimum absolute atomic E-state index is 0.151. The molecule has 1 fully saturated rings. The van der Waals surface area contributed by atoms with Gasteiger partial charge in [0, 0.05) is 15.8 Å². The van der Waals surface area contributed by atoms with Crippen molar-refractivity contribution in [2.75, 3.05) is 12.3 Å². The van der Waals surface area contributed by atoms with Crippen LogP contribution >= 0.6 is 23.1 Å². The summed E-state index contributed by atoms with van der Waals surface area (Å²) >= 11 is 3.38. The Morgan fingerprint density at radius 3 is 3.16 bits per heavy atom. The van der Waals surface area contributed by atoms with Gasteiger partial charge in [-0.05, 0) is 31.6 Å². The molecule has 0 aliphatic carbocycles. The van der Waals surface area contributed by atoms with E-state index in [9.17, 15) is 4.79 Å². The van der Waals surface area contributed by atoms with Crippen molar-refractivity contribution in [3.8, 4) is 11.8 Å². The molecule has 1 saturated heterocycles. The fourth-order valence-corrected chi connectivity index (χ4v) is 3.99. The number of carbonyl (C=O) groups excluding carboxylic acids is 1. The SMILES string of the molecule is CC1(C(=O)NCc2cc(C#CCN)cs2)CCCS1. The van der Waals surface area contributed by atoms with Crippen LogP contribution in [0.4, 0.5) is 0 Å². The van der Waals surface area contributed by atoms with Crippen LogP contribution in [0.2, 0.25) is 0 Å². The molecule has 0 saturated carbocycles. The third-order valence-corrected chi connectivity index (χ3v) is 5.57. The highest BCUT2D eigenvalue weighted by Crippen LogP contribution is 2.37. The van der Waals surface area contributed by atoms with Crippen LogP contribution in [0.5, 0.6) is 0 Å². The monoisotopic (exact) mass is 294 g/mol. The second kappa shape index (κ2) is 6.47. The normalized spacial score (nSPS) is 21.8. The summed E-state index contributed by atoms with van der Waals surface area (Å²) in [6.45, 7) is 2.99. The number of hydrogen-bond acceptors (Lipinski definition) is 4. The average molecular weight is 294 g/mol. The molecule has 0 bridgehead atoms. The maximum atomic E-state index is 12.1. The van der Waals surface area contributed by atoms with E-state index in [0.717, 1.165) is 29.0 Å². The van der Waals surface area contributed by atoms with Gasteiger partial charge in [-0.15, -0.1) is 23.1 Å². The van der Waals surface area contributed by atoms with Crippen molar-refractivity contribution in [3.05, 3.63) is 21.9 Å². The van der Waals surface area contributed by atoms with E-state index in [2.05, 4.69) is 17.2 Å². The quantitative estimate of drug-likeness (QED) is 0.838. The van der Waals surface area contributed by atoms with E-state index in [0.29, 0.717) is 13.1 Å². The predicted molar refractivity (Wildman–Crippen MR) is 82.2 cm³/mol. The zero-order valence-electron chi connectivity index (χ0n) is 11.0. The van der Waals surface area contributed by atoms with E-state index >= 15 is 0 Å². The van der Waals surface area contributed by atoms with Gasteiger partial charge >= 0.3 is 0 Å². The largest absolute Gasteiger partial charge is 0.350 e. The molecule has 1 aliphatic rings. The first-order valence-corrected chi connectivity index (χ1v) is 8.19. The second-order valence-corrected chi connectivity index (χ2v) is 7.27. The lowest BCUT2D eigenvalue weighted by atomic mass is 10.1. The van der Waals surface area contributed by atoms with Gasteiger partial charge in [-0.25, -0.2) is 0 Å². The van der Waals surface area contributed by atoms with Gasteiger partial charge in [-0.2, -0.15) is 0 Å². The summed E-state index contributed by atoms with van der Waals surface area (Å²) in [7, 11) is 0. The standard InChI is InChI=1S/C14H18N2OS2/c1-14(5-3-7-19-14)13(17)16-9-12-8-11(10-18-12)4-2-6-15/h8,10H,3,5-7,9,15H2,1H3,(H,16,17). The third-order valence-electron chi connectivity index (χ3n) is 3.11. The summed E-state index contributed by atoms with van der Waals surface area (Å²) in [5.74, 6) is 7.06. The van der Waals surface area contributed by atoms with Crippen LogP contribution in [0.25, 0.3) is 0 Å². The van der Waals surface area contributed by atoms with Gasteiger partial charge in [-0.1, -0.05) is 11.8 Å². The zero-order chi connectivity index (χ0) is 13.7. The lowest BCUT2D eigenvalue weighted by Crippen LogP contribution is -2.39. The van der Waals surface area contributed by atoms with Crippen LogP contribution in [0.15, 0.2) is 11.4 Å². The van der Waals surface area contributed by atoms with E-state index in [1.54, 1.807) is 23.1 Å². The van der Waals surface area contributed by atoms with Crippen molar-refractivity contribution in [1.82, 2.24) is 5.32 Å². The summed E-state index contributed by atoms with van der Waals surface area (Å²) in [5.41, 5.74) is 6.31. The second-order valence-electron chi connectivity index (χ2n) is 4.67. The molecule has 1 aliphatic heterocycles. The van der Waals surface area contributed by atoms with E-state index in [-0.39, 0.29) is 10.7 Å². The molecule has 3 N–H and O–H groups in total. The fraction of sp³-hybridized carbons (Fsp3) is 0.500. The van der Waals surface area contributed by atoms with Gasteiger partial charge in [0.05, 0.1) is 17.8 Å². The van der Waals surface area contributed by atoms with Crippen LogP contribution in [0.3, 0.4) is 0 Å². The number of rotatable bonds is 3. The Bertz CT molecular complexity index is 507. The number of nitrogens with two attached hydrogens (primary N) is 1. The summed E-state index contributed by atoms with van der Waals surface area (Å²) in [6, 6.07) is 2.01. The molecule has 0 aromatic carbocycles. The lowest BCUT2D eigenvalue weighted by molar-refractivity contribution is -0.123. The molecular weight excluding hydrogens is 276 g/mol. The Kier molecular flexibility index (Phi) is 4.92. The first kappa shape index (κ1) is 14.4. The van der Waals surface area contributed by atoms with Crippen molar-refractivity contribution >= 4 is 29.0 Å². The van der Waals surface area contributed by atoms with Crippen molar-refractivity contribution in [2.24, 2.45) is 5.73 Å². The van der Waals surface area contributed by atoms with Gasteiger partial charge in [0.15, 0.2) is 0 Å². The zero-order valence-corrected chi connectivity index (χ0v) is 12.6. The molecule has 5 heteroatoms. The van der Waals surface area contributed by atoms with Crippen LogP contribution in [-0.4, -0.2) is 23.0 Å². The van der Waals surface area contributed by atoms with E-state index in [4.69, 9.17) is 5.73 Å². The number of thiophene rings is 1. The predicted octanol–water partition coefficient (Wildman–Crippen LogP) is 1.96. The Morgan fingerprint density at radius 1 is 1.63 bits per heavy atom. The number of amides is 1.